The largest absolute Gasteiger partial charge is 0.374 e. The van der Waals surface area contributed by atoms with E-state index in [-0.39, 0.29) is 23.8 Å². The Bertz CT molecular complexity index is 767. The molecule has 1 unspecified atom stereocenters. The normalized spacial score (nSPS) is 14.5. The molecule has 0 bridgehead atoms. The van der Waals surface area contributed by atoms with Gasteiger partial charge in [0, 0.05) is 23.0 Å². The third-order valence-electron chi connectivity index (χ3n) is 4.16. The molecule has 0 radical (unpaired) electrons. The number of carbonyl (C=O) groups is 2. The first-order chi connectivity index (χ1) is 12.0. The van der Waals surface area contributed by atoms with Gasteiger partial charge in [-0.05, 0) is 68.7 Å². The fourth-order valence-electron chi connectivity index (χ4n) is 2.53. The maximum absolute atomic E-state index is 12.3. The Morgan fingerprint density at radius 3 is 2.28 bits per heavy atom. The van der Waals surface area contributed by atoms with Crippen LogP contribution in [-0.4, -0.2) is 17.9 Å². The summed E-state index contributed by atoms with van der Waals surface area (Å²) in [5, 5.41) is 8.97. The molecule has 3 rings (SSSR count). The van der Waals surface area contributed by atoms with Crippen LogP contribution in [0.25, 0.3) is 0 Å². The summed E-state index contributed by atoms with van der Waals surface area (Å²) in [6, 6.07) is 14.7. The summed E-state index contributed by atoms with van der Waals surface area (Å²) in [6.07, 6.45) is 1.97. The van der Waals surface area contributed by atoms with Crippen LogP contribution >= 0.6 is 0 Å². The Morgan fingerprint density at radius 2 is 1.64 bits per heavy atom. The number of hydrogen-bond acceptors (Lipinski definition) is 3. The van der Waals surface area contributed by atoms with E-state index in [1.54, 1.807) is 0 Å². The monoisotopic (exact) mass is 337 g/mol. The quantitative estimate of drug-likeness (QED) is 0.751. The fraction of sp³-hybridized carbons (Fsp3) is 0.300. The summed E-state index contributed by atoms with van der Waals surface area (Å²) in [5.41, 5.74) is 3.50. The van der Waals surface area contributed by atoms with Gasteiger partial charge in [0.1, 0.15) is 6.04 Å². The van der Waals surface area contributed by atoms with Crippen molar-refractivity contribution in [1.29, 1.82) is 0 Å². The molecule has 1 fully saturated rings. The van der Waals surface area contributed by atoms with E-state index in [2.05, 4.69) is 16.0 Å². The van der Waals surface area contributed by atoms with Crippen molar-refractivity contribution in [3.63, 3.8) is 0 Å². The first kappa shape index (κ1) is 17.0. The molecule has 5 nitrogen and oxygen atoms in total. The zero-order valence-corrected chi connectivity index (χ0v) is 14.5. The third kappa shape index (κ3) is 4.83. The predicted octanol–water partition coefficient (Wildman–Crippen LogP) is 3.78. The molecule has 5 heteroatoms. The fourth-order valence-corrected chi connectivity index (χ4v) is 2.53. The smallest absolute Gasteiger partial charge is 0.246 e. The van der Waals surface area contributed by atoms with Crippen LogP contribution in [0.3, 0.4) is 0 Å². The van der Waals surface area contributed by atoms with Gasteiger partial charge >= 0.3 is 0 Å². The number of anilines is 3. The lowest BCUT2D eigenvalue weighted by Crippen LogP contribution is -2.31. The van der Waals surface area contributed by atoms with Crippen LogP contribution in [0.2, 0.25) is 0 Å². The van der Waals surface area contributed by atoms with Crippen LogP contribution in [0, 0.1) is 12.8 Å². The van der Waals surface area contributed by atoms with Gasteiger partial charge in [-0.3, -0.25) is 9.59 Å². The second-order valence-electron chi connectivity index (χ2n) is 6.57. The van der Waals surface area contributed by atoms with Crippen molar-refractivity contribution < 1.29 is 9.59 Å². The van der Waals surface area contributed by atoms with E-state index in [0.717, 1.165) is 35.5 Å². The van der Waals surface area contributed by atoms with Crippen molar-refractivity contribution in [3.8, 4) is 0 Å². The summed E-state index contributed by atoms with van der Waals surface area (Å²) in [6.45, 7) is 3.80. The van der Waals surface area contributed by atoms with Gasteiger partial charge in [0.05, 0.1) is 0 Å². The van der Waals surface area contributed by atoms with E-state index in [0.29, 0.717) is 0 Å². The third-order valence-corrected chi connectivity index (χ3v) is 4.16. The molecule has 3 N–H and O–H groups in total. The molecule has 2 aromatic rings. The highest BCUT2D eigenvalue weighted by atomic mass is 16.2. The molecule has 1 atom stereocenters. The Labute approximate surface area is 147 Å². The van der Waals surface area contributed by atoms with Crippen molar-refractivity contribution in [2.75, 3.05) is 16.0 Å². The van der Waals surface area contributed by atoms with Crippen LogP contribution in [0.1, 0.15) is 25.3 Å². The zero-order valence-electron chi connectivity index (χ0n) is 14.5. The minimum absolute atomic E-state index is 0.0895. The molecule has 2 amide bonds. The van der Waals surface area contributed by atoms with Crippen LogP contribution < -0.4 is 16.0 Å². The van der Waals surface area contributed by atoms with Gasteiger partial charge in [0.2, 0.25) is 11.8 Å². The molecule has 1 aliphatic rings. The molecule has 1 saturated carbocycles. The lowest BCUT2D eigenvalue weighted by atomic mass is 10.2. The average Bonchev–Trinajstić information content (AvgIpc) is 3.41. The second kappa shape index (κ2) is 7.38. The van der Waals surface area contributed by atoms with Crippen LogP contribution in [0.15, 0.2) is 48.5 Å². The second-order valence-corrected chi connectivity index (χ2v) is 6.57. The number of aryl methyl sites for hydroxylation is 1. The molecule has 0 aliphatic heterocycles. The average molecular weight is 337 g/mol. The summed E-state index contributed by atoms with van der Waals surface area (Å²) in [7, 11) is 0. The summed E-state index contributed by atoms with van der Waals surface area (Å²) >= 11 is 0. The van der Waals surface area contributed by atoms with Crippen LogP contribution in [-0.2, 0) is 9.59 Å². The number of amides is 2. The molecular weight excluding hydrogens is 314 g/mol. The molecule has 0 spiro atoms. The lowest BCUT2D eigenvalue weighted by molar-refractivity contribution is -0.117. The van der Waals surface area contributed by atoms with Crippen molar-refractivity contribution in [1.82, 2.24) is 0 Å². The van der Waals surface area contributed by atoms with E-state index in [1.165, 1.54) is 0 Å². The lowest BCUT2D eigenvalue weighted by Gasteiger charge is -2.16. The van der Waals surface area contributed by atoms with Gasteiger partial charge in [-0.1, -0.05) is 12.1 Å². The molecule has 25 heavy (non-hydrogen) atoms. The molecule has 2 aromatic carbocycles. The van der Waals surface area contributed by atoms with Gasteiger partial charge < -0.3 is 16.0 Å². The van der Waals surface area contributed by atoms with Crippen LogP contribution in [0.4, 0.5) is 17.1 Å². The number of rotatable bonds is 6. The van der Waals surface area contributed by atoms with Crippen molar-refractivity contribution >= 4 is 28.9 Å². The highest BCUT2D eigenvalue weighted by Crippen LogP contribution is 2.30. The molecule has 0 saturated heterocycles. The maximum Gasteiger partial charge on any atom is 0.246 e. The summed E-state index contributed by atoms with van der Waals surface area (Å²) in [4.78, 5) is 24.0. The Balaban J connectivity index is 1.53. The molecular formula is C20H23N3O2. The van der Waals surface area contributed by atoms with Crippen LogP contribution in [0.5, 0.6) is 0 Å². The zero-order chi connectivity index (χ0) is 17.8. The number of benzene rings is 2. The number of hydrogen-bond donors (Lipinski definition) is 3. The molecule has 1 aliphatic carbocycles. The van der Waals surface area contributed by atoms with Gasteiger partial charge in [0.15, 0.2) is 0 Å². The predicted molar refractivity (Wildman–Crippen MR) is 101 cm³/mol. The highest BCUT2D eigenvalue weighted by molar-refractivity contribution is 5.96. The topological polar surface area (TPSA) is 70.2 Å². The van der Waals surface area contributed by atoms with Gasteiger partial charge in [0.25, 0.3) is 0 Å². The number of nitrogens with one attached hydrogen (secondary N) is 3. The van der Waals surface area contributed by atoms with E-state index in [9.17, 15) is 9.59 Å². The maximum atomic E-state index is 12.3. The molecule has 130 valence electrons. The van der Waals surface area contributed by atoms with Gasteiger partial charge in [-0.2, -0.15) is 0 Å². The van der Waals surface area contributed by atoms with Crippen molar-refractivity contribution in [3.05, 3.63) is 54.1 Å². The highest BCUT2D eigenvalue weighted by Gasteiger charge is 2.29. The van der Waals surface area contributed by atoms with E-state index < -0.39 is 0 Å². The minimum Gasteiger partial charge on any atom is -0.374 e. The first-order valence-corrected chi connectivity index (χ1v) is 8.56. The van der Waals surface area contributed by atoms with Gasteiger partial charge in [-0.25, -0.2) is 0 Å². The van der Waals surface area contributed by atoms with Crippen molar-refractivity contribution in [2.45, 2.75) is 32.7 Å². The Hall–Kier alpha value is -2.82. The number of carbonyl (C=O) groups excluding carboxylic acids is 2. The SMILES string of the molecule is Cc1cccc(NC(=O)C(C)Nc2ccc(NC(=O)C3CC3)cc2)c1. The van der Waals surface area contributed by atoms with Crippen molar-refractivity contribution in [2.24, 2.45) is 5.92 Å². The summed E-state index contributed by atoms with van der Waals surface area (Å²) < 4.78 is 0. The van der Waals surface area contributed by atoms with E-state index in [1.807, 2.05) is 62.4 Å². The van der Waals surface area contributed by atoms with E-state index >= 15 is 0 Å². The Kier molecular flexibility index (Phi) is 5.03. The molecule has 0 heterocycles. The Morgan fingerprint density at radius 1 is 0.960 bits per heavy atom. The van der Waals surface area contributed by atoms with Gasteiger partial charge in [-0.15, -0.1) is 0 Å². The molecule has 0 aromatic heterocycles. The van der Waals surface area contributed by atoms with E-state index in [4.69, 9.17) is 0 Å². The minimum atomic E-state index is -0.382. The summed E-state index contributed by atoms with van der Waals surface area (Å²) in [5.74, 6) is 0.173. The standard InChI is InChI=1S/C20H23N3O2/c1-13-4-3-5-18(12-13)23-19(24)14(2)21-16-8-10-17(11-9-16)22-20(25)15-6-7-15/h3-5,8-12,14-15,21H,6-7H2,1-2H3,(H,22,25)(H,23,24). The first-order valence-electron chi connectivity index (χ1n) is 8.56.